The Kier molecular flexibility index (Phi) is 2.59. The van der Waals surface area contributed by atoms with Crippen LogP contribution in [0.4, 0.5) is 0 Å². The average Bonchev–Trinajstić information content (AvgIpc) is 2.78. The average molecular weight is 238 g/mol. The third kappa shape index (κ3) is 1.66. The van der Waals surface area contributed by atoms with Gasteiger partial charge in [0.25, 0.3) is 0 Å². The largest absolute Gasteiger partial charge is 0.391 e. The SMILES string of the molecule is CC(N)C(C)(C)CN1CC2CC3CC2C1C3O. The molecule has 6 atom stereocenters. The molecule has 2 aliphatic carbocycles. The van der Waals surface area contributed by atoms with Crippen LogP contribution in [-0.2, 0) is 0 Å². The second-order valence-corrected chi connectivity index (χ2v) is 7.34. The Morgan fingerprint density at radius 1 is 1.35 bits per heavy atom. The normalized spacial score (nSPS) is 46.8. The maximum atomic E-state index is 10.3. The number of fused-ring (bicyclic) bond motifs is 1. The highest BCUT2D eigenvalue weighted by Gasteiger charge is 2.59. The first-order chi connectivity index (χ1) is 7.90. The highest BCUT2D eigenvalue weighted by atomic mass is 16.3. The minimum Gasteiger partial charge on any atom is -0.391 e. The van der Waals surface area contributed by atoms with Crippen LogP contribution in [0.25, 0.3) is 0 Å². The highest BCUT2D eigenvalue weighted by Crippen LogP contribution is 2.55. The maximum absolute atomic E-state index is 10.3. The number of aliphatic hydroxyl groups is 1. The fraction of sp³-hybridized carbons (Fsp3) is 1.00. The minimum atomic E-state index is -0.0670. The first-order valence-corrected chi connectivity index (χ1v) is 7.08. The van der Waals surface area contributed by atoms with Crippen LogP contribution in [0.1, 0.15) is 33.6 Å². The van der Waals surface area contributed by atoms with Crippen molar-refractivity contribution in [2.24, 2.45) is 28.9 Å². The van der Waals surface area contributed by atoms with Crippen LogP contribution in [0.15, 0.2) is 0 Å². The Hall–Kier alpha value is -0.120. The quantitative estimate of drug-likeness (QED) is 0.773. The molecule has 1 heterocycles. The van der Waals surface area contributed by atoms with Gasteiger partial charge in [0.1, 0.15) is 0 Å². The number of nitrogens with two attached hydrogens (primary N) is 1. The van der Waals surface area contributed by atoms with Crippen LogP contribution in [-0.4, -0.2) is 41.3 Å². The van der Waals surface area contributed by atoms with Gasteiger partial charge in [-0.15, -0.1) is 0 Å². The van der Waals surface area contributed by atoms with Crippen LogP contribution < -0.4 is 5.73 Å². The molecule has 3 aliphatic rings. The number of rotatable bonds is 3. The van der Waals surface area contributed by atoms with Gasteiger partial charge < -0.3 is 10.8 Å². The Morgan fingerprint density at radius 2 is 2.06 bits per heavy atom. The van der Waals surface area contributed by atoms with E-state index in [1.54, 1.807) is 0 Å². The highest BCUT2D eigenvalue weighted by molar-refractivity contribution is 5.11. The molecule has 3 N–H and O–H groups in total. The van der Waals surface area contributed by atoms with Crippen molar-refractivity contribution in [2.45, 2.75) is 51.8 Å². The van der Waals surface area contributed by atoms with Crippen molar-refractivity contribution >= 4 is 0 Å². The van der Waals surface area contributed by atoms with Crippen molar-refractivity contribution in [1.29, 1.82) is 0 Å². The first-order valence-electron chi connectivity index (χ1n) is 7.08. The van der Waals surface area contributed by atoms with E-state index in [1.165, 1.54) is 19.4 Å². The molecule has 0 amide bonds. The van der Waals surface area contributed by atoms with Crippen molar-refractivity contribution in [3.8, 4) is 0 Å². The molecule has 2 saturated carbocycles. The Morgan fingerprint density at radius 3 is 2.65 bits per heavy atom. The molecule has 3 heteroatoms. The fourth-order valence-electron chi connectivity index (χ4n) is 4.39. The summed E-state index contributed by atoms with van der Waals surface area (Å²) in [6.45, 7) is 8.82. The van der Waals surface area contributed by atoms with E-state index in [1.807, 2.05) is 0 Å². The lowest BCUT2D eigenvalue weighted by Gasteiger charge is -2.37. The van der Waals surface area contributed by atoms with E-state index >= 15 is 0 Å². The van der Waals surface area contributed by atoms with Crippen molar-refractivity contribution in [3.63, 3.8) is 0 Å². The monoisotopic (exact) mass is 238 g/mol. The maximum Gasteiger partial charge on any atom is 0.0726 e. The zero-order valence-electron chi connectivity index (χ0n) is 11.3. The zero-order valence-corrected chi connectivity index (χ0v) is 11.3. The van der Waals surface area contributed by atoms with Gasteiger partial charge >= 0.3 is 0 Å². The molecule has 2 bridgehead atoms. The van der Waals surface area contributed by atoms with Gasteiger partial charge in [-0.2, -0.15) is 0 Å². The van der Waals surface area contributed by atoms with Crippen LogP contribution in [0.3, 0.4) is 0 Å². The molecule has 0 aromatic heterocycles. The molecule has 0 aromatic carbocycles. The number of hydrogen-bond donors (Lipinski definition) is 2. The van der Waals surface area contributed by atoms with Crippen LogP contribution in [0, 0.1) is 23.2 Å². The molecule has 3 nitrogen and oxygen atoms in total. The Labute approximate surface area is 104 Å². The summed E-state index contributed by atoms with van der Waals surface area (Å²) >= 11 is 0. The van der Waals surface area contributed by atoms with Crippen molar-refractivity contribution in [3.05, 3.63) is 0 Å². The van der Waals surface area contributed by atoms with E-state index < -0.39 is 0 Å². The smallest absolute Gasteiger partial charge is 0.0726 e. The van der Waals surface area contributed by atoms with Gasteiger partial charge in [0.05, 0.1) is 6.10 Å². The molecule has 3 rings (SSSR count). The molecular weight excluding hydrogens is 212 g/mol. The number of likely N-dealkylation sites (tertiary alicyclic amines) is 1. The second kappa shape index (κ2) is 3.69. The van der Waals surface area contributed by atoms with Crippen LogP contribution in [0.5, 0.6) is 0 Å². The topological polar surface area (TPSA) is 49.5 Å². The van der Waals surface area contributed by atoms with Crippen LogP contribution in [0.2, 0.25) is 0 Å². The van der Waals surface area contributed by atoms with Gasteiger partial charge in [0.2, 0.25) is 0 Å². The van der Waals surface area contributed by atoms with Gasteiger partial charge in [0.15, 0.2) is 0 Å². The molecule has 1 saturated heterocycles. The number of aliphatic hydroxyl groups excluding tert-OH is 1. The van der Waals surface area contributed by atoms with Gasteiger partial charge in [-0.1, -0.05) is 13.8 Å². The molecule has 1 aliphatic heterocycles. The van der Waals surface area contributed by atoms with Crippen molar-refractivity contribution < 1.29 is 5.11 Å². The number of nitrogens with zero attached hydrogens (tertiary/aromatic N) is 1. The predicted molar refractivity (Wildman–Crippen MR) is 68.5 cm³/mol. The summed E-state index contributed by atoms with van der Waals surface area (Å²) in [5.74, 6) is 2.23. The van der Waals surface area contributed by atoms with E-state index in [-0.39, 0.29) is 17.6 Å². The number of hydrogen-bond acceptors (Lipinski definition) is 3. The molecular formula is C14H26N2O. The molecule has 3 fully saturated rings. The summed E-state index contributed by atoms with van der Waals surface area (Å²) in [4.78, 5) is 2.54. The second-order valence-electron chi connectivity index (χ2n) is 7.34. The molecule has 6 unspecified atom stereocenters. The molecule has 0 aromatic rings. The predicted octanol–water partition coefficient (Wildman–Crippen LogP) is 1.06. The molecule has 17 heavy (non-hydrogen) atoms. The lowest BCUT2D eigenvalue weighted by Crippen LogP contribution is -2.48. The lowest BCUT2D eigenvalue weighted by molar-refractivity contribution is 0.0349. The van der Waals surface area contributed by atoms with Crippen molar-refractivity contribution in [1.82, 2.24) is 4.90 Å². The molecule has 0 spiro atoms. The summed E-state index contributed by atoms with van der Waals surface area (Å²) < 4.78 is 0. The van der Waals surface area contributed by atoms with E-state index in [0.29, 0.717) is 12.0 Å². The summed E-state index contributed by atoms with van der Waals surface area (Å²) in [6, 6.07) is 0.645. The third-order valence-corrected chi connectivity index (χ3v) is 5.79. The summed E-state index contributed by atoms with van der Waals surface area (Å²) in [7, 11) is 0. The summed E-state index contributed by atoms with van der Waals surface area (Å²) in [5.41, 5.74) is 6.22. The van der Waals surface area contributed by atoms with E-state index in [2.05, 4.69) is 25.7 Å². The minimum absolute atomic E-state index is 0.0670. The van der Waals surface area contributed by atoms with Gasteiger partial charge in [-0.3, -0.25) is 4.90 Å². The lowest BCUT2D eigenvalue weighted by atomic mass is 9.84. The van der Waals surface area contributed by atoms with Crippen LogP contribution >= 0.6 is 0 Å². The summed E-state index contributed by atoms with van der Waals surface area (Å²) in [6.07, 6.45) is 2.46. The summed E-state index contributed by atoms with van der Waals surface area (Å²) in [5, 5.41) is 10.3. The Balaban J connectivity index is 1.74. The standard InChI is InChI=1S/C14H26N2O/c1-8(15)14(2,3)7-16-6-10-4-9-5-11(10)12(16)13(9)17/h8-13,17H,4-7,15H2,1-3H3. The van der Waals surface area contributed by atoms with Gasteiger partial charge in [0, 0.05) is 25.2 Å². The molecule has 98 valence electrons. The third-order valence-electron chi connectivity index (χ3n) is 5.79. The first kappa shape index (κ1) is 11.9. The molecule has 0 radical (unpaired) electrons. The van der Waals surface area contributed by atoms with Crippen molar-refractivity contribution in [2.75, 3.05) is 13.1 Å². The van der Waals surface area contributed by atoms with E-state index in [4.69, 9.17) is 5.73 Å². The fourth-order valence-corrected chi connectivity index (χ4v) is 4.39. The zero-order chi connectivity index (χ0) is 12.4. The van der Waals surface area contributed by atoms with E-state index in [9.17, 15) is 5.11 Å². The van der Waals surface area contributed by atoms with Gasteiger partial charge in [-0.25, -0.2) is 0 Å². The van der Waals surface area contributed by atoms with E-state index in [0.717, 1.165) is 18.4 Å². The Bertz CT molecular complexity index is 313. The van der Waals surface area contributed by atoms with Gasteiger partial charge in [-0.05, 0) is 42.9 Å².